The molecular formula is C26H28FN3OS. The second-order valence-electron chi connectivity index (χ2n) is 9.12. The van der Waals surface area contributed by atoms with E-state index < -0.39 is 0 Å². The van der Waals surface area contributed by atoms with Crippen LogP contribution in [0.1, 0.15) is 47.0 Å². The fraction of sp³-hybridized carbons (Fsp3) is 0.346. The molecule has 1 aliphatic rings. The number of fused-ring (bicyclic) bond motifs is 2. The van der Waals surface area contributed by atoms with Gasteiger partial charge in [-0.25, -0.2) is 4.39 Å². The molecule has 0 saturated carbocycles. The Kier molecular flexibility index (Phi) is 5.51. The minimum atomic E-state index is -0.206. The van der Waals surface area contributed by atoms with E-state index in [4.69, 9.17) is 0 Å². The number of rotatable bonds is 5. The summed E-state index contributed by atoms with van der Waals surface area (Å²) >= 11 is 1.60. The van der Waals surface area contributed by atoms with Gasteiger partial charge in [-0.1, -0.05) is 18.2 Å². The fourth-order valence-electron chi connectivity index (χ4n) is 4.99. The molecule has 4 nitrogen and oxygen atoms in total. The van der Waals surface area contributed by atoms with Crippen molar-refractivity contribution in [3.63, 3.8) is 0 Å². The summed E-state index contributed by atoms with van der Waals surface area (Å²) < 4.78 is 16.9. The predicted molar refractivity (Wildman–Crippen MR) is 130 cm³/mol. The van der Waals surface area contributed by atoms with Crippen molar-refractivity contribution in [1.29, 1.82) is 0 Å². The monoisotopic (exact) mass is 449 g/mol. The van der Waals surface area contributed by atoms with Crippen LogP contribution in [0.4, 0.5) is 4.39 Å². The summed E-state index contributed by atoms with van der Waals surface area (Å²) in [5.74, 6) is 0.153. The highest BCUT2D eigenvalue weighted by Crippen LogP contribution is 2.40. The van der Waals surface area contributed by atoms with Crippen LogP contribution in [0.3, 0.4) is 0 Å². The number of carbonyl (C=O) groups excluding carboxylic acids is 1. The van der Waals surface area contributed by atoms with Gasteiger partial charge in [-0.05, 0) is 67.6 Å². The maximum absolute atomic E-state index is 13.7. The number of hydrogen-bond acceptors (Lipinski definition) is 3. The zero-order valence-electron chi connectivity index (χ0n) is 18.7. The molecule has 0 aliphatic carbocycles. The van der Waals surface area contributed by atoms with Crippen molar-refractivity contribution in [3.05, 3.63) is 70.5 Å². The SMILES string of the molecule is CC(C)NC(=O)c1sc2ccccc2c1C1CCN(Cc2cn(C)c3cc(F)ccc23)C1. The molecule has 0 bridgehead atoms. The van der Waals surface area contributed by atoms with Gasteiger partial charge in [-0.3, -0.25) is 9.69 Å². The Labute approximate surface area is 191 Å². The molecule has 0 spiro atoms. The first-order valence-corrected chi connectivity index (χ1v) is 12.0. The molecule has 1 saturated heterocycles. The minimum Gasteiger partial charge on any atom is -0.350 e. The Bertz CT molecular complexity index is 1310. The standard InChI is InChI=1S/C26H28FN3OS/c1-16(2)28-26(31)25-24(21-6-4-5-7-23(21)32-25)17-10-11-30(14-17)15-18-13-29(3)22-12-19(27)8-9-20(18)22/h4-9,12-13,16-17H,10-11,14-15H2,1-3H3,(H,28,31). The molecule has 0 radical (unpaired) electrons. The quantitative estimate of drug-likeness (QED) is 0.427. The van der Waals surface area contributed by atoms with Crippen LogP contribution < -0.4 is 5.32 Å². The molecule has 1 amide bonds. The lowest BCUT2D eigenvalue weighted by Crippen LogP contribution is -2.30. The number of carbonyl (C=O) groups is 1. The summed E-state index contributed by atoms with van der Waals surface area (Å²) in [7, 11) is 1.97. The number of hydrogen-bond donors (Lipinski definition) is 1. The number of amides is 1. The summed E-state index contributed by atoms with van der Waals surface area (Å²) in [5.41, 5.74) is 3.34. The smallest absolute Gasteiger partial charge is 0.261 e. The van der Waals surface area contributed by atoms with E-state index in [1.165, 1.54) is 27.3 Å². The molecule has 6 heteroatoms. The van der Waals surface area contributed by atoms with E-state index in [1.54, 1.807) is 17.4 Å². The summed E-state index contributed by atoms with van der Waals surface area (Å²) in [6.45, 7) is 6.73. The normalized spacial score (nSPS) is 17.1. The topological polar surface area (TPSA) is 37.3 Å². The molecule has 4 aromatic rings. The van der Waals surface area contributed by atoms with E-state index in [0.717, 1.165) is 41.8 Å². The van der Waals surface area contributed by atoms with Crippen LogP contribution in [0.2, 0.25) is 0 Å². The van der Waals surface area contributed by atoms with E-state index in [2.05, 4.69) is 34.6 Å². The fourth-order valence-corrected chi connectivity index (χ4v) is 6.18. The second-order valence-corrected chi connectivity index (χ2v) is 10.2. The molecular weight excluding hydrogens is 421 g/mol. The third-order valence-corrected chi connectivity index (χ3v) is 7.55. The second kappa shape index (κ2) is 8.34. The molecule has 3 heterocycles. The zero-order valence-corrected chi connectivity index (χ0v) is 19.5. The van der Waals surface area contributed by atoms with Gasteiger partial charge >= 0.3 is 0 Å². The van der Waals surface area contributed by atoms with Crippen molar-refractivity contribution in [2.45, 2.75) is 38.8 Å². The average Bonchev–Trinajstić information content (AvgIpc) is 3.44. The third kappa shape index (κ3) is 3.82. The zero-order chi connectivity index (χ0) is 22.4. The highest BCUT2D eigenvalue weighted by Gasteiger charge is 2.31. The van der Waals surface area contributed by atoms with Gasteiger partial charge in [0.1, 0.15) is 5.82 Å². The van der Waals surface area contributed by atoms with Crippen LogP contribution in [-0.2, 0) is 13.6 Å². The largest absolute Gasteiger partial charge is 0.350 e. The number of nitrogens with zero attached hydrogens (tertiary/aromatic N) is 2. The van der Waals surface area contributed by atoms with Crippen molar-refractivity contribution < 1.29 is 9.18 Å². The van der Waals surface area contributed by atoms with Gasteiger partial charge in [0.25, 0.3) is 5.91 Å². The van der Waals surface area contributed by atoms with Gasteiger partial charge < -0.3 is 9.88 Å². The van der Waals surface area contributed by atoms with Gasteiger partial charge in [0, 0.05) is 48.4 Å². The first-order valence-electron chi connectivity index (χ1n) is 11.2. The van der Waals surface area contributed by atoms with Crippen molar-refractivity contribution in [2.24, 2.45) is 7.05 Å². The maximum atomic E-state index is 13.7. The van der Waals surface area contributed by atoms with Gasteiger partial charge in [0.2, 0.25) is 0 Å². The summed E-state index contributed by atoms with van der Waals surface area (Å²) in [6.07, 6.45) is 3.14. The van der Waals surface area contributed by atoms with Crippen LogP contribution >= 0.6 is 11.3 Å². The van der Waals surface area contributed by atoms with Gasteiger partial charge in [0.05, 0.1) is 10.4 Å². The maximum Gasteiger partial charge on any atom is 0.261 e. The first kappa shape index (κ1) is 21.2. The van der Waals surface area contributed by atoms with Crippen LogP contribution in [0.25, 0.3) is 21.0 Å². The van der Waals surface area contributed by atoms with E-state index in [1.807, 2.05) is 37.6 Å². The Morgan fingerprint density at radius 3 is 2.84 bits per heavy atom. The van der Waals surface area contributed by atoms with Gasteiger partial charge in [-0.2, -0.15) is 0 Å². The number of nitrogens with one attached hydrogen (secondary N) is 1. The molecule has 166 valence electrons. The van der Waals surface area contributed by atoms with Crippen molar-refractivity contribution in [1.82, 2.24) is 14.8 Å². The van der Waals surface area contributed by atoms with Gasteiger partial charge in [-0.15, -0.1) is 11.3 Å². The van der Waals surface area contributed by atoms with E-state index in [9.17, 15) is 9.18 Å². The van der Waals surface area contributed by atoms with Crippen LogP contribution in [0.5, 0.6) is 0 Å². The highest BCUT2D eigenvalue weighted by molar-refractivity contribution is 7.21. The predicted octanol–water partition coefficient (Wildman–Crippen LogP) is 5.66. The van der Waals surface area contributed by atoms with E-state index in [0.29, 0.717) is 5.92 Å². The Morgan fingerprint density at radius 2 is 2.03 bits per heavy atom. The molecule has 2 aromatic heterocycles. The number of benzene rings is 2. The summed E-state index contributed by atoms with van der Waals surface area (Å²) in [4.78, 5) is 16.3. The lowest BCUT2D eigenvalue weighted by atomic mass is 9.95. The number of thiophene rings is 1. The number of likely N-dealkylation sites (tertiary alicyclic amines) is 1. The van der Waals surface area contributed by atoms with Crippen molar-refractivity contribution in [2.75, 3.05) is 13.1 Å². The molecule has 2 aromatic carbocycles. The Balaban J connectivity index is 1.43. The Hall–Kier alpha value is -2.70. The summed E-state index contributed by atoms with van der Waals surface area (Å²) in [5, 5.41) is 5.40. The molecule has 1 atom stereocenters. The first-order chi connectivity index (χ1) is 15.4. The molecule has 1 N–H and O–H groups in total. The average molecular weight is 450 g/mol. The molecule has 1 aliphatic heterocycles. The van der Waals surface area contributed by atoms with Crippen molar-refractivity contribution in [3.8, 4) is 0 Å². The lowest BCUT2D eigenvalue weighted by molar-refractivity contribution is 0.0946. The molecule has 32 heavy (non-hydrogen) atoms. The molecule has 1 fully saturated rings. The van der Waals surface area contributed by atoms with Gasteiger partial charge in [0.15, 0.2) is 0 Å². The van der Waals surface area contributed by atoms with Crippen LogP contribution in [0.15, 0.2) is 48.7 Å². The molecule has 5 rings (SSSR count). The highest BCUT2D eigenvalue weighted by atomic mass is 32.1. The summed E-state index contributed by atoms with van der Waals surface area (Å²) in [6, 6.07) is 13.5. The van der Waals surface area contributed by atoms with Crippen LogP contribution in [0, 0.1) is 5.82 Å². The van der Waals surface area contributed by atoms with Crippen molar-refractivity contribution >= 4 is 38.2 Å². The number of aryl methyl sites for hydroxylation is 1. The minimum absolute atomic E-state index is 0.0331. The van der Waals surface area contributed by atoms with Crippen LogP contribution in [-0.4, -0.2) is 34.5 Å². The van der Waals surface area contributed by atoms with E-state index >= 15 is 0 Å². The lowest BCUT2D eigenvalue weighted by Gasteiger charge is -2.17. The van der Waals surface area contributed by atoms with E-state index in [-0.39, 0.29) is 17.8 Å². The third-order valence-electron chi connectivity index (χ3n) is 6.37. The Morgan fingerprint density at radius 1 is 1.22 bits per heavy atom. The number of aromatic nitrogens is 1. The number of halogens is 1. The molecule has 1 unspecified atom stereocenters.